The SMILES string of the molecule is CC(C)(C)c1ccc(Nc2ccnc(Nc3ccc(N4CCCC4)cc3)n2)cc1. The maximum absolute atomic E-state index is 4.59. The first-order valence-corrected chi connectivity index (χ1v) is 10.3. The Kier molecular flexibility index (Phi) is 5.38. The molecule has 5 heteroatoms. The van der Waals surface area contributed by atoms with Crippen LogP contribution in [0.15, 0.2) is 60.8 Å². The second-order valence-electron chi connectivity index (χ2n) is 8.58. The molecule has 0 bridgehead atoms. The molecule has 1 aliphatic rings. The molecule has 1 aromatic heterocycles. The lowest BCUT2D eigenvalue weighted by atomic mass is 9.87. The molecule has 0 saturated carbocycles. The van der Waals surface area contributed by atoms with Crippen molar-refractivity contribution in [2.75, 3.05) is 28.6 Å². The highest BCUT2D eigenvalue weighted by Crippen LogP contribution is 2.26. The van der Waals surface area contributed by atoms with Gasteiger partial charge in [0.1, 0.15) is 5.82 Å². The molecule has 0 aliphatic carbocycles. The fraction of sp³-hybridized carbons (Fsp3) is 0.333. The topological polar surface area (TPSA) is 53.1 Å². The fourth-order valence-corrected chi connectivity index (χ4v) is 3.55. The summed E-state index contributed by atoms with van der Waals surface area (Å²) < 4.78 is 0. The molecule has 0 atom stereocenters. The second-order valence-corrected chi connectivity index (χ2v) is 8.58. The van der Waals surface area contributed by atoms with Gasteiger partial charge in [0.25, 0.3) is 0 Å². The molecule has 0 spiro atoms. The molecule has 5 nitrogen and oxygen atoms in total. The minimum absolute atomic E-state index is 0.148. The van der Waals surface area contributed by atoms with Crippen molar-refractivity contribution in [1.29, 1.82) is 0 Å². The minimum Gasteiger partial charge on any atom is -0.372 e. The first-order valence-electron chi connectivity index (χ1n) is 10.3. The average molecular weight is 388 g/mol. The van der Waals surface area contributed by atoms with Crippen molar-refractivity contribution in [3.8, 4) is 0 Å². The Morgan fingerprint density at radius 2 is 1.41 bits per heavy atom. The molecule has 2 aromatic carbocycles. The molecule has 2 N–H and O–H groups in total. The summed E-state index contributed by atoms with van der Waals surface area (Å²) in [6.45, 7) is 8.96. The fourth-order valence-electron chi connectivity index (χ4n) is 3.55. The highest BCUT2D eigenvalue weighted by atomic mass is 15.2. The van der Waals surface area contributed by atoms with Gasteiger partial charge < -0.3 is 15.5 Å². The van der Waals surface area contributed by atoms with E-state index in [0.717, 1.165) is 30.3 Å². The van der Waals surface area contributed by atoms with Gasteiger partial charge in [0.05, 0.1) is 0 Å². The summed E-state index contributed by atoms with van der Waals surface area (Å²) in [5.74, 6) is 1.34. The van der Waals surface area contributed by atoms with Crippen LogP contribution in [0.25, 0.3) is 0 Å². The van der Waals surface area contributed by atoms with Crippen LogP contribution in [0.4, 0.5) is 28.8 Å². The van der Waals surface area contributed by atoms with Crippen LogP contribution in [-0.2, 0) is 5.41 Å². The summed E-state index contributed by atoms with van der Waals surface area (Å²) in [7, 11) is 0. The number of hydrogen-bond donors (Lipinski definition) is 2. The number of hydrogen-bond acceptors (Lipinski definition) is 5. The van der Waals surface area contributed by atoms with Crippen molar-refractivity contribution in [1.82, 2.24) is 9.97 Å². The molecule has 1 saturated heterocycles. The van der Waals surface area contributed by atoms with Crippen LogP contribution in [0.2, 0.25) is 0 Å². The van der Waals surface area contributed by atoms with Crippen molar-refractivity contribution < 1.29 is 0 Å². The number of rotatable bonds is 5. The third-order valence-corrected chi connectivity index (χ3v) is 5.27. The summed E-state index contributed by atoms with van der Waals surface area (Å²) in [6, 6.07) is 18.9. The Balaban J connectivity index is 1.42. The largest absolute Gasteiger partial charge is 0.372 e. The minimum atomic E-state index is 0.148. The summed E-state index contributed by atoms with van der Waals surface area (Å²) in [6.07, 6.45) is 4.33. The molecule has 29 heavy (non-hydrogen) atoms. The van der Waals surface area contributed by atoms with E-state index in [2.05, 4.69) is 94.8 Å². The molecule has 2 heterocycles. The van der Waals surface area contributed by atoms with Crippen LogP contribution in [0.5, 0.6) is 0 Å². The number of anilines is 5. The van der Waals surface area contributed by atoms with Crippen molar-refractivity contribution in [2.24, 2.45) is 0 Å². The molecule has 3 aromatic rings. The van der Waals surface area contributed by atoms with Gasteiger partial charge in [0, 0.05) is 36.3 Å². The molecule has 1 fully saturated rings. The van der Waals surface area contributed by atoms with Gasteiger partial charge in [-0.3, -0.25) is 0 Å². The lowest BCUT2D eigenvalue weighted by molar-refractivity contribution is 0.590. The first kappa shape index (κ1) is 19.2. The Labute approximate surface area is 173 Å². The third kappa shape index (κ3) is 4.86. The Bertz CT molecular complexity index is 936. The molecular weight excluding hydrogens is 358 g/mol. The second kappa shape index (κ2) is 8.11. The zero-order valence-corrected chi connectivity index (χ0v) is 17.4. The molecule has 4 rings (SSSR count). The van der Waals surface area contributed by atoms with Crippen molar-refractivity contribution in [3.63, 3.8) is 0 Å². The number of nitrogens with zero attached hydrogens (tertiary/aromatic N) is 3. The first-order chi connectivity index (χ1) is 14.0. The number of aromatic nitrogens is 2. The van der Waals surface area contributed by atoms with Crippen LogP contribution in [0, 0.1) is 0 Å². The summed E-state index contributed by atoms with van der Waals surface area (Å²) in [4.78, 5) is 11.4. The summed E-state index contributed by atoms with van der Waals surface area (Å²) in [5, 5.41) is 6.65. The number of nitrogens with one attached hydrogen (secondary N) is 2. The molecule has 1 aliphatic heterocycles. The van der Waals surface area contributed by atoms with Gasteiger partial charge in [-0.15, -0.1) is 0 Å². The van der Waals surface area contributed by atoms with Crippen molar-refractivity contribution in [3.05, 3.63) is 66.4 Å². The molecular formula is C24H29N5. The van der Waals surface area contributed by atoms with E-state index >= 15 is 0 Å². The van der Waals surface area contributed by atoms with E-state index in [9.17, 15) is 0 Å². The Morgan fingerprint density at radius 3 is 2.07 bits per heavy atom. The maximum atomic E-state index is 4.59. The molecule has 0 amide bonds. The Morgan fingerprint density at radius 1 is 0.793 bits per heavy atom. The smallest absolute Gasteiger partial charge is 0.229 e. The number of benzene rings is 2. The van der Waals surface area contributed by atoms with Crippen LogP contribution < -0.4 is 15.5 Å². The lowest BCUT2D eigenvalue weighted by Crippen LogP contribution is -2.17. The van der Waals surface area contributed by atoms with Gasteiger partial charge in [0.15, 0.2) is 0 Å². The van der Waals surface area contributed by atoms with Gasteiger partial charge in [-0.2, -0.15) is 4.98 Å². The van der Waals surface area contributed by atoms with Crippen LogP contribution in [0.3, 0.4) is 0 Å². The zero-order chi connectivity index (χ0) is 20.3. The normalized spacial score (nSPS) is 14.1. The highest BCUT2D eigenvalue weighted by molar-refractivity contribution is 5.62. The monoisotopic (exact) mass is 387 g/mol. The maximum Gasteiger partial charge on any atom is 0.229 e. The van der Waals surface area contributed by atoms with E-state index in [1.807, 2.05) is 6.07 Å². The Hall–Kier alpha value is -3.08. The van der Waals surface area contributed by atoms with Gasteiger partial charge in [-0.05, 0) is 66.3 Å². The lowest BCUT2D eigenvalue weighted by Gasteiger charge is -2.19. The van der Waals surface area contributed by atoms with E-state index in [1.165, 1.54) is 24.1 Å². The van der Waals surface area contributed by atoms with Gasteiger partial charge in [-0.1, -0.05) is 32.9 Å². The van der Waals surface area contributed by atoms with E-state index in [0.29, 0.717) is 5.95 Å². The van der Waals surface area contributed by atoms with Gasteiger partial charge >= 0.3 is 0 Å². The predicted molar refractivity (Wildman–Crippen MR) is 122 cm³/mol. The van der Waals surface area contributed by atoms with Crippen molar-refractivity contribution in [2.45, 2.75) is 39.0 Å². The van der Waals surface area contributed by atoms with Crippen molar-refractivity contribution >= 4 is 28.8 Å². The van der Waals surface area contributed by atoms with Gasteiger partial charge in [0.2, 0.25) is 5.95 Å². The summed E-state index contributed by atoms with van der Waals surface area (Å²) >= 11 is 0. The van der Waals surface area contributed by atoms with Crippen LogP contribution in [-0.4, -0.2) is 23.1 Å². The van der Waals surface area contributed by atoms with E-state index in [-0.39, 0.29) is 5.41 Å². The zero-order valence-electron chi connectivity index (χ0n) is 17.4. The highest BCUT2D eigenvalue weighted by Gasteiger charge is 2.13. The predicted octanol–water partition coefficient (Wildman–Crippen LogP) is 5.86. The standard InChI is InChI=1S/C24H29N5/c1-24(2,3)18-6-8-19(9-7-18)26-22-14-15-25-23(28-22)27-20-10-12-21(13-11-20)29-16-4-5-17-29/h6-15H,4-5,16-17H2,1-3H3,(H2,25,26,27,28). The summed E-state index contributed by atoms with van der Waals surface area (Å²) in [5.41, 5.74) is 4.74. The van der Waals surface area contributed by atoms with E-state index in [4.69, 9.17) is 0 Å². The van der Waals surface area contributed by atoms with Crippen LogP contribution >= 0.6 is 0 Å². The quantitative estimate of drug-likeness (QED) is 0.574. The van der Waals surface area contributed by atoms with E-state index < -0.39 is 0 Å². The molecule has 0 radical (unpaired) electrons. The van der Waals surface area contributed by atoms with Crippen LogP contribution in [0.1, 0.15) is 39.2 Å². The van der Waals surface area contributed by atoms with E-state index in [1.54, 1.807) is 6.20 Å². The average Bonchev–Trinajstić information content (AvgIpc) is 3.23. The molecule has 0 unspecified atom stereocenters. The molecule has 150 valence electrons. The van der Waals surface area contributed by atoms with Gasteiger partial charge in [-0.25, -0.2) is 4.98 Å². The third-order valence-electron chi connectivity index (χ3n) is 5.27.